The summed E-state index contributed by atoms with van der Waals surface area (Å²) in [6.07, 6.45) is 2.62. The van der Waals surface area contributed by atoms with E-state index >= 15 is 0 Å². The molecule has 16 heavy (non-hydrogen) atoms. The molecule has 2 rings (SSSR count). The van der Waals surface area contributed by atoms with E-state index in [-0.39, 0.29) is 17.8 Å². The van der Waals surface area contributed by atoms with Crippen LogP contribution in [0.15, 0.2) is 24.4 Å². The molecule has 0 atom stereocenters. The Balaban J connectivity index is 2.41. The fourth-order valence-electron chi connectivity index (χ4n) is 1.87. The fraction of sp³-hybridized carbons (Fsp3) is 0.385. The van der Waals surface area contributed by atoms with E-state index in [1.54, 1.807) is 6.07 Å². The zero-order valence-corrected chi connectivity index (χ0v) is 9.55. The van der Waals surface area contributed by atoms with Crippen LogP contribution in [0.2, 0.25) is 0 Å². The van der Waals surface area contributed by atoms with Gasteiger partial charge in [0.15, 0.2) is 0 Å². The molecule has 3 heteroatoms. The van der Waals surface area contributed by atoms with E-state index < -0.39 is 0 Å². The summed E-state index contributed by atoms with van der Waals surface area (Å²) in [6.45, 7) is 4.10. The topological polar surface area (TPSA) is 36.0 Å². The number of hydrogen-bond acceptors (Lipinski definition) is 1. The maximum Gasteiger partial charge on any atom is 0.123 e. The maximum atomic E-state index is 13.1. The van der Waals surface area contributed by atoms with Gasteiger partial charge in [0.2, 0.25) is 0 Å². The molecule has 0 radical (unpaired) electrons. The number of nitrogens with one attached hydrogen (secondary N) is 1. The fourth-order valence-corrected chi connectivity index (χ4v) is 1.87. The second kappa shape index (κ2) is 3.91. The van der Waals surface area contributed by atoms with Crippen molar-refractivity contribution in [2.75, 3.05) is 6.61 Å². The van der Waals surface area contributed by atoms with E-state index in [4.69, 9.17) is 0 Å². The Morgan fingerprint density at radius 2 is 2.12 bits per heavy atom. The molecule has 0 unspecified atom stereocenters. The van der Waals surface area contributed by atoms with Crippen LogP contribution >= 0.6 is 0 Å². The number of aromatic amines is 1. The number of rotatable bonds is 3. The molecular formula is C13H16FNO. The zero-order valence-electron chi connectivity index (χ0n) is 9.55. The second-order valence-corrected chi connectivity index (χ2v) is 5.00. The minimum absolute atomic E-state index is 0.120. The van der Waals surface area contributed by atoms with Crippen LogP contribution in [0.4, 0.5) is 4.39 Å². The molecule has 0 fully saturated rings. The lowest BCUT2D eigenvalue weighted by atomic mass is 9.87. The number of aromatic nitrogens is 1. The van der Waals surface area contributed by atoms with Crippen LogP contribution in [0.1, 0.15) is 19.4 Å². The monoisotopic (exact) mass is 221 g/mol. The molecule has 86 valence electrons. The molecule has 0 spiro atoms. The van der Waals surface area contributed by atoms with Gasteiger partial charge in [0.25, 0.3) is 0 Å². The van der Waals surface area contributed by atoms with Gasteiger partial charge in [0.05, 0.1) is 0 Å². The Bertz CT molecular complexity index is 502. The highest BCUT2D eigenvalue weighted by atomic mass is 19.1. The zero-order chi connectivity index (χ0) is 11.8. The molecule has 0 aliphatic carbocycles. The summed E-state index contributed by atoms with van der Waals surface area (Å²) in [4.78, 5) is 3.11. The van der Waals surface area contributed by atoms with E-state index in [1.807, 2.05) is 20.0 Å². The number of halogens is 1. The van der Waals surface area contributed by atoms with E-state index in [0.717, 1.165) is 22.9 Å². The highest BCUT2D eigenvalue weighted by Crippen LogP contribution is 2.27. The van der Waals surface area contributed by atoms with E-state index in [2.05, 4.69) is 4.98 Å². The highest BCUT2D eigenvalue weighted by molar-refractivity contribution is 5.83. The molecule has 0 saturated heterocycles. The first-order valence-corrected chi connectivity index (χ1v) is 5.38. The summed E-state index contributed by atoms with van der Waals surface area (Å²) in [5.41, 5.74) is 1.81. The van der Waals surface area contributed by atoms with Gasteiger partial charge >= 0.3 is 0 Å². The number of hydrogen-bond donors (Lipinski definition) is 2. The van der Waals surface area contributed by atoms with E-state index in [9.17, 15) is 9.50 Å². The van der Waals surface area contributed by atoms with Crippen LogP contribution in [-0.2, 0) is 6.42 Å². The Kier molecular flexibility index (Phi) is 2.72. The minimum atomic E-state index is -0.227. The Hall–Kier alpha value is -1.35. The molecule has 0 aliphatic heterocycles. The van der Waals surface area contributed by atoms with Crippen LogP contribution < -0.4 is 0 Å². The van der Waals surface area contributed by atoms with Gasteiger partial charge in [-0.25, -0.2) is 4.39 Å². The molecule has 1 aromatic heterocycles. The average molecular weight is 221 g/mol. The van der Waals surface area contributed by atoms with Crippen molar-refractivity contribution in [1.29, 1.82) is 0 Å². The SMILES string of the molecule is CC(C)(CO)Cc1c[nH]c2ccc(F)cc12. The minimum Gasteiger partial charge on any atom is -0.396 e. The van der Waals surface area contributed by atoms with E-state index in [0.29, 0.717) is 0 Å². The Morgan fingerprint density at radius 1 is 1.38 bits per heavy atom. The normalized spacial score (nSPS) is 12.2. The van der Waals surface area contributed by atoms with Crippen molar-refractivity contribution in [2.45, 2.75) is 20.3 Å². The van der Waals surface area contributed by atoms with Crippen molar-refractivity contribution in [3.05, 3.63) is 35.8 Å². The van der Waals surface area contributed by atoms with Gasteiger partial charge in [-0.15, -0.1) is 0 Å². The van der Waals surface area contributed by atoms with Gasteiger partial charge in [0.1, 0.15) is 5.82 Å². The van der Waals surface area contributed by atoms with Crippen LogP contribution in [0.25, 0.3) is 10.9 Å². The Morgan fingerprint density at radius 3 is 2.81 bits per heavy atom. The molecule has 1 heterocycles. The maximum absolute atomic E-state index is 13.1. The smallest absolute Gasteiger partial charge is 0.123 e. The van der Waals surface area contributed by atoms with Crippen molar-refractivity contribution in [3.8, 4) is 0 Å². The first-order chi connectivity index (χ1) is 7.52. The summed E-state index contributed by atoms with van der Waals surface area (Å²) in [7, 11) is 0. The molecule has 2 nitrogen and oxygen atoms in total. The van der Waals surface area contributed by atoms with Gasteiger partial charge in [-0.2, -0.15) is 0 Å². The first kappa shape index (κ1) is 11.1. The summed E-state index contributed by atoms with van der Waals surface area (Å²) < 4.78 is 13.1. The van der Waals surface area contributed by atoms with Gasteiger partial charge in [0, 0.05) is 23.7 Å². The molecule has 0 bridgehead atoms. The third-order valence-electron chi connectivity index (χ3n) is 2.83. The third kappa shape index (κ3) is 2.09. The first-order valence-electron chi connectivity index (χ1n) is 5.38. The van der Waals surface area contributed by atoms with Crippen molar-refractivity contribution in [2.24, 2.45) is 5.41 Å². The lowest BCUT2D eigenvalue weighted by Gasteiger charge is -2.20. The predicted molar refractivity (Wildman–Crippen MR) is 62.8 cm³/mol. The molecule has 0 saturated carbocycles. The van der Waals surface area contributed by atoms with Crippen molar-refractivity contribution in [1.82, 2.24) is 4.98 Å². The average Bonchev–Trinajstić information content (AvgIpc) is 2.61. The van der Waals surface area contributed by atoms with Gasteiger partial charge in [-0.3, -0.25) is 0 Å². The number of aliphatic hydroxyl groups is 1. The lowest BCUT2D eigenvalue weighted by Crippen LogP contribution is -2.19. The highest BCUT2D eigenvalue weighted by Gasteiger charge is 2.19. The summed E-state index contributed by atoms with van der Waals surface area (Å²) in [5, 5.41) is 10.1. The molecule has 0 aliphatic rings. The molecule has 2 N–H and O–H groups in total. The Labute approximate surface area is 94.1 Å². The number of aliphatic hydroxyl groups excluding tert-OH is 1. The summed E-state index contributed by atoms with van der Waals surface area (Å²) in [6, 6.07) is 4.72. The summed E-state index contributed by atoms with van der Waals surface area (Å²) >= 11 is 0. The van der Waals surface area contributed by atoms with E-state index in [1.165, 1.54) is 12.1 Å². The van der Waals surface area contributed by atoms with Crippen LogP contribution in [0.3, 0.4) is 0 Å². The molecule has 1 aromatic carbocycles. The standard InChI is InChI=1S/C13H16FNO/c1-13(2,8-16)6-9-7-15-12-4-3-10(14)5-11(9)12/h3-5,7,15-16H,6,8H2,1-2H3. The number of fused-ring (bicyclic) bond motifs is 1. The van der Waals surface area contributed by atoms with Crippen molar-refractivity contribution in [3.63, 3.8) is 0 Å². The second-order valence-electron chi connectivity index (χ2n) is 5.00. The van der Waals surface area contributed by atoms with Crippen molar-refractivity contribution < 1.29 is 9.50 Å². The van der Waals surface area contributed by atoms with Crippen molar-refractivity contribution >= 4 is 10.9 Å². The molecule has 0 amide bonds. The summed E-state index contributed by atoms with van der Waals surface area (Å²) in [5.74, 6) is -0.227. The number of H-pyrrole nitrogens is 1. The quantitative estimate of drug-likeness (QED) is 0.821. The predicted octanol–water partition coefficient (Wildman–Crippen LogP) is 2.87. The number of benzene rings is 1. The third-order valence-corrected chi connectivity index (χ3v) is 2.83. The molecule has 2 aromatic rings. The largest absolute Gasteiger partial charge is 0.396 e. The van der Waals surface area contributed by atoms with Crippen LogP contribution in [0.5, 0.6) is 0 Å². The van der Waals surface area contributed by atoms with Gasteiger partial charge in [-0.1, -0.05) is 13.8 Å². The molecular weight excluding hydrogens is 205 g/mol. The van der Waals surface area contributed by atoms with Crippen LogP contribution in [-0.4, -0.2) is 16.7 Å². The van der Waals surface area contributed by atoms with Gasteiger partial charge in [-0.05, 0) is 35.6 Å². The van der Waals surface area contributed by atoms with Crippen LogP contribution in [0, 0.1) is 11.2 Å². The van der Waals surface area contributed by atoms with Gasteiger partial charge < -0.3 is 10.1 Å². The lowest BCUT2D eigenvalue weighted by molar-refractivity contribution is 0.160.